The zero-order valence-electron chi connectivity index (χ0n) is 16.0. The minimum atomic E-state index is -0.631. The third-order valence-electron chi connectivity index (χ3n) is 2.45. The highest BCUT2D eigenvalue weighted by Crippen LogP contribution is 2.07. The number of hydrogen-bond acceptors (Lipinski definition) is 6. The lowest BCUT2D eigenvalue weighted by molar-refractivity contribution is 0.0518. The third kappa shape index (κ3) is 10.1. The van der Waals surface area contributed by atoms with Crippen molar-refractivity contribution >= 4 is 24.6 Å². The van der Waals surface area contributed by atoms with Crippen LogP contribution in [-0.4, -0.2) is 35.8 Å². The van der Waals surface area contributed by atoms with Crippen LogP contribution in [0.2, 0.25) is 0 Å². The van der Waals surface area contributed by atoms with Gasteiger partial charge >= 0.3 is 12.2 Å². The number of hydrazone groups is 2. The van der Waals surface area contributed by atoms with Gasteiger partial charge < -0.3 is 9.47 Å². The second-order valence-corrected chi connectivity index (χ2v) is 7.41. The average molecular weight is 362 g/mol. The summed E-state index contributed by atoms with van der Waals surface area (Å²) in [5.74, 6) is 0. The van der Waals surface area contributed by atoms with Crippen LogP contribution in [-0.2, 0) is 9.47 Å². The summed E-state index contributed by atoms with van der Waals surface area (Å²) in [6.45, 7) is 10.6. The molecule has 0 aliphatic heterocycles. The lowest BCUT2D eigenvalue weighted by atomic mass is 10.1. The van der Waals surface area contributed by atoms with E-state index in [9.17, 15) is 9.59 Å². The smallest absolute Gasteiger partial charge is 0.428 e. The standard InChI is InChI=1S/C18H26N4O4/c1-17(2,3)25-15(23)21-19-11-13-8-7-9-14(10-13)12-20-22-16(24)26-18(4,5)6/h7-12H,1-6H3,(H,21,23)(H,22,24). The Hall–Kier alpha value is -2.90. The lowest BCUT2D eigenvalue weighted by Gasteiger charge is -2.18. The van der Waals surface area contributed by atoms with Gasteiger partial charge in [0.1, 0.15) is 11.2 Å². The Bertz CT molecular complexity index is 630. The maximum absolute atomic E-state index is 11.5. The van der Waals surface area contributed by atoms with E-state index in [0.717, 1.165) is 11.1 Å². The van der Waals surface area contributed by atoms with Gasteiger partial charge in [-0.25, -0.2) is 20.4 Å². The summed E-state index contributed by atoms with van der Waals surface area (Å²) < 4.78 is 10.1. The van der Waals surface area contributed by atoms with Gasteiger partial charge in [-0.1, -0.05) is 18.2 Å². The Morgan fingerprint density at radius 2 is 1.23 bits per heavy atom. The first-order chi connectivity index (χ1) is 11.9. The number of nitrogens with one attached hydrogen (secondary N) is 2. The molecule has 142 valence electrons. The highest BCUT2D eigenvalue weighted by molar-refractivity contribution is 5.87. The van der Waals surface area contributed by atoms with Crippen molar-refractivity contribution in [3.8, 4) is 0 Å². The maximum Gasteiger partial charge on any atom is 0.428 e. The van der Waals surface area contributed by atoms with E-state index in [-0.39, 0.29) is 0 Å². The highest BCUT2D eigenvalue weighted by atomic mass is 16.6. The molecule has 0 fully saturated rings. The maximum atomic E-state index is 11.5. The van der Waals surface area contributed by atoms with Gasteiger partial charge in [-0.2, -0.15) is 10.2 Å². The van der Waals surface area contributed by atoms with E-state index < -0.39 is 23.4 Å². The quantitative estimate of drug-likeness (QED) is 0.633. The second kappa shape index (κ2) is 8.98. The summed E-state index contributed by atoms with van der Waals surface area (Å²) >= 11 is 0. The van der Waals surface area contributed by atoms with Gasteiger partial charge in [0.2, 0.25) is 0 Å². The molecule has 0 spiro atoms. The van der Waals surface area contributed by atoms with Crippen LogP contribution in [0.15, 0.2) is 34.5 Å². The van der Waals surface area contributed by atoms with Crippen molar-refractivity contribution < 1.29 is 19.1 Å². The van der Waals surface area contributed by atoms with Crippen LogP contribution in [0.5, 0.6) is 0 Å². The van der Waals surface area contributed by atoms with Crippen LogP contribution >= 0.6 is 0 Å². The number of carbonyl (C=O) groups is 2. The summed E-state index contributed by atoms with van der Waals surface area (Å²) in [6.07, 6.45) is 1.69. The first-order valence-corrected chi connectivity index (χ1v) is 8.09. The number of ether oxygens (including phenoxy) is 2. The van der Waals surface area contributed by atoms with Crippen LogP contribution in [0.25, 0.3) is 0 Å². The molecule has 26 heavy (non-hydrogen) atoms. The molecule has 2 amide bonds. The average Bonchev–Trinajstić information content (AvgIpc) is 2.43. The molecular formula is C18H26N4O4. The number of carbonyl (C=O) groups excluding carboxylic acids is 2. The summed E-state index contributed by atoms with van der Waals surface area (Å²) in [4.78, 5) is 23.0. The Kier molecular flexibility index (Phi) is 7.30. The summed E-state index contributed by atoms with van der Waals surface area (Å²) in [6, 6.07) is 7.18. The molecule has 0 heterocycles. The predicted molar refractivity (Wildman–Crippen MR) is 100 cm³/mol. The number of nitrogens with zero attached hydrogens (tertiary/aromatic N) is 2. The number of amides is 2. The van der Waals surface area contributed by atoms with Crippen LogP contribution in [0.1, 0.15) is 52.7 Å². The molecule has 0 radical (unpaired) electrons. The van der Waals surface area contributed by atoms with Crippen molar-refractivity contribution in [2.45, 2.75) is 52.7 Å². The predicted octanol–water partition coefficient (Wildman–Crippen LogP) is 3.40. The van der Waals surface area contributed by atoms with Gasteiger partial charge in [0, 0.05) is 0 Å². The minimum Gasteiger partial charge on any atom is -0.443 e. The highest BCUT2D eigenvalue weighted by Gasteiger charge is 2.16. The molecule has 0 aliphatic rings. The molecular weight excluding hydrogens is 336 g/mol. The first-order valence-electron chi connectivity index (χ1n) is 8.09. The van der Waals surface area contributed by atoms with Crippen LogP contribution < -0.4 is 10.9 Å². The molecule has 1 rings (SSSR count). The molecule has 8 heteroatoms. The summed E-state index contributed by atoms with van der Waals surface area (Å²) in [7, 11) is 0. The van der Waals surface area contributed by atoms with Gasteiger partial charge in [0.05, 0.1) is 12.4 Å². The number of hydrogen-bond donors (Lipinski definition) is 2. The fraction of sp³-hybridized carbons (Fsp3) is 0.444. The lowest BCUT2D eigenvalue weighted by Crippen LogP contribution is -2.29. The SMILES string of the molecule is CC(C)(C)OC(=O)NN=Cc1cccc(C=NNC(=O)OC(C)(C)C)c1. The van der Waals surface area contributed by atoms with Crippen molar-refractivity contribution in [1.29, 1.82) is 0 Å². The topological polar surface area (TPSA) is 101 Å². The first kappa shape index (κ1) is 21.1. The van der Waals surface area contributed by atoms with Gasteiger partial charge in [-0.3, -0.25) is 0 Å². The summed E-state index contributed by atoms with van der Waals surface area (Å²) in [5.41, 5.74) is 4.88. The molecule has 0 aliphatic carbocycles. The van der Waals surface area contributed by atoms with E-state index in [0.29, 0.717) is 0 Å². The molecule has 1 aromatic rings. The number of rotatable bonds is 4. The zero-order chi connectivity index (χ0) is 19.8. The normalized spacial score (nSPS) is 12.2. The van der Waals surface area contributed by atoms with E-state index in [1.807, 2.05) is 0 Å². The van der Waals surface area contributed by atoms with Crippen molar-refractivity contribution in [2.24, 2.45) is 10.2 Å². The number of benzene rings is 1. The Labute approximate surface area is 153 Å². The molecule has 0 saturated heterocycles. The van der Waals surface area contributed by atoms with Gasteiger partial charge in [0.25, 0.3) is 0 Å². The molecule has 0 aromatic heterocycles. The molecule has 1 aromatic carbocycles. The van der Waals surface area contributed by atoms with Crippen molar-refractivity contribution in [3.63, 3.8) is 0 Å². The van der Waals surface area contributed by atoms with Crippen LogP contribution in [0.3, 0.4) is 0 Å². The van der Waals surface area contributed by atoms with E-state index >= 15 is 0 Å². The molecule has 2 N–H and O–H groups in total. The van der Waals surface area contributed by atoms with Gasteiger partial charge in [-0.15, -0.1) is 0 Å². The van der Waals surface area contributed by atoms with Gasteiger partial charge in [0.15, 0.2) is 0 Å². The largest absolute Gasteiger partial charge is 0.443 e. The monoisotopic (exact) mass is 362 g/mol. The second-order valence-electron chi connectivity index (χ2n) is 7.41. The molecule has 0 unspecified atom stereocenters. The van der Waals surface area contributed by atoms with Crippen molar-refractivity contribution in [2.75, 3.05) is 0 Å². The van der Waals surface area contributed by atoms with Crippen molar-refractivity contribution in [1.82, 2.24) is 10.9 Å². The Morgan fingerprint density at radius 1 is 0.846 bits per heavy atom. The fourth-order valence-corrected chi connectivity index (χ4v) is 1.64. The van der Waals surface area contributed by atoms with E-state index in [2.05, 4.69) is 21.1 Å². The Balaban J connectivity index is 2.57. The molecule has 0 bridgehead atoms. The Morgan fingerprint density at radius 3 is 1.58 bits per heavy atom. The van der Waals surface area contributed by atoms with Crippen LogP contribution in [0, 0.1) is 0 Å². The van der Waals surface area contributed by atoms with Crippen molar-refractivity contribution in [3.05, 3.63) is 35.4 Å². The van der Waals surface area contributed by atoms with Gasteiger partial charge in [-0.05, 0) is 58.7 Å². The third-order valence-corrected chi connectivity index (χ3v) is 2.45. The van der Waals surface area contributed by atoms with E-state index in [1.165, 1.54) is 12.4 Å². The molecule has 8 nitrogen and oxygen atoms in total. The molecule has 0 saturated carbocycles. The van der Waals surface area contributed by atoms with E-state index in [4.69, 9.17) is 9.47 Å². The fourth-order valence-electron chi connectivity index (χ4n) is 1.64. The van der Waals surface area contributed by atoms with Crippen LogP contribution in [0.4, 0.5) is 9.59 Å². The summed E-state index contributed by atoms with van der Waals surface area (Å²) in [5, 5.41) is 7.66. The van der Waals surface area contributed by atoms with E-state index in [1.54, 1.807) is 65.8 Å². The molecule has 0 atom stereocenters. The minimum absolute atomic E-state index is 0.586. The zero-order valence-corrected chi connectivity index (χ0v) is 16.0.